The lowest BCUT2D eigenvalue weighted by Gasteiger charge is -2.03. The van der Waals surface area contributed by atoms with E-state index in [0.717, 1.165) is 19.3 Å². The molecule has 3 N–H and O–H groups in total. The molecule has 14 heavy (non-hydrogen) atoms. The second kappa shape index (κ2) is 8.50. The molecule has 0 atom stereocenters. The van der Waals surface area contributed by atoms with E-state index in [-0.39, 0.29) is 12.5 Å². The van der Waals surface area contributed by atoms with Crippen molar-refractivity contribution in [2.24, 2.45) is 5.73 Å². The van der Waals surface area contributed by atoms with Gasteiger partial charge in [-0.05, 0) is 19.4 Å². The van der Waals surface area contributed by atoms with Gasteiger partial charge in [0.15, 0.2) is 0 Å². The van der Waals surface area contributed by atoms with Crippen LogP contribution in [0.3, 0.4) is 0 Å². The van der Waals surface area contributed by atoms with Crippen LogP contribution in [0, 0.1) is 0 Å². The smallest absolute Gasteiger partial charge is 0.325 e. The second-order valence-corrected chi connectivity index (χ2v) is 2.95. The van der Waals surface area contributed by atoms with Crippen LogP contribution in [0.5, 0.6) is 0 Å². The normalized spacial score (nSPS) is 9.57. The predicted molar refractivity (Wildman–Crippen MR) is 52.5 cm³/mol. The number of hydrogen-bond donors (Lipinski definition) is 2. The zero-order valence-corrected chi connectivity index (χ0v) is 8.54. The summed E-state index contributed by atoms with van der Waals surface area (Å²) in [5.74, 6) is -0.548. The molecule has 0 aromatic heterocycles. The van der Waals surface area contributed by atoms with Crippen LogP contribution in [0.25, 0.3) is 0 Å². The molecule has 82 valence electrons. The van der Waals surface area contributed by atoms with Gasteiger partial charge in [0, 0.05) is 6.42 Å². The minimum atomic E-state index is -0.430. The van der Waals surface area contributed by atoms with E-state index in [9.17, 15) is 9.59 Å². The molecule has 0 aliphatic carbocycles. The number of hydrogen-bond acceptors (Lipinski definition) is 4. The van der Waals surface area contributed by atoms with E-state index in [1.165, 1.54) is 7.11 Å². The van der Waals surface area contributed by atoms with Crippen LogP contribution in [0.4, 0.5) is 0 Å². The van der Waals surface area contributed by atoms with Crippen LogP contribution in [0.1, 0.15) is 25.7 Å². The van der Waals surface area contributed by atoms with Gasteiger partial charge in [-0.15, -0.1) is 0 Å². The minimum Gasteiger partial charge on any atom is -0.468 e. The third kappa shape index (κ3) is 7.54. The van der Waals surface area contributed by atoms with Crippen molar-refractivity contribution in [2.45, 2.75) is 25.7 Å². The summed E-state index contributed by atoms with van der Waals surface area (Å²) >= 11 is 0. The first-order valence-electron chi connectivity index (χ1n) is 4.74. The summed E-state index contributed by atoms with van der Waals surface area (Å²) in [5, 5.41) is 2.47. The van der Waals surface area contributed by atoms with Gasteiger partial charge >= 0.3 is 5.97 Å². The van der Waals surface area contributed by atoms with Crippen LogP contribution >= 0.6 is 0 Å². The fourth-order valence-corrected chi connectivity index (χ4v) is 0.938. The molecule has 0 spiro atoms. The number of nitrogens with one attached hydrogen (secondary N) is 1. The first-order valence-corrected chi connectivity index (χ1v) is 4.74. The Bertz CT molecular complexity index is 183. The maximum atomic E-state index is 11.1. The number of rotatable bonds is 7. The first-order chi connectivity index (χ1) is 6.70. The number of methoxy groups -OCH3 is 1. The van der Waals surface area contributed by atoms with Crippen molar-refractivity contribution >= 4 is 11.9 Å². The molecular weight excluding hydrogens is 184 g/mol. The molecule has 0 aliphatic rings. The zero-order valence-electron chi connectivity index (χ0n) is 8.54. The molecule has 0 unspecified atom stereocenters. The lowest BCUT2D eigenvalue weighted by atomic mass is 10.2. The third-order valence-electron chi connectivity index (χ3n) is 1.77. The Labute approximate surface area is 84.0 Å². The van der Waals surface area contributed by atoms with Crippen molar-refractivity contribution in [1.82, 2.24) is 5.32 Å². The van der Waals surface area contributed by atoms with Gasteiger partial charge in [-0.3, -0.25) is 9.59 Å². The molecule has 0 heterocycles. The lowest BCUT2D eigenvalue weighted by Crippen LogP contribution is -2.29. The Hall–Kier alpha value is -1.10. The summed E-state index contributed by atoms with van der Waals surface area (Å²) in [4.78, 5) is 21.7. The molecule has 0 radical (unpaired) electrons. The molecule has 0 aliphatic heterocycles. The van der Waals surface area contributed by atoms with Gasteiger partial charge in [-0.1, -0.05) is 6.42 Å². The molecule has 0 saturated heterocycles. The first kappa shape index (κ1) is 12.9. The number of esters is 1. The van der Waals surface area contributed by atoms with E-state index >= 15 is 0 Å². The second-order valence-electron chi connectivity index (χ2n) is 2.95. The largest absolute Gasteiger partial charge is 0.468 e. The van der Waals surface area contributed by atoms with Crippen LogP contribution in [-0.2, 0) is 14.3 Å². The molecule has 0 aromatic rings. The van der Waals surface area contributed by atoms with Crippen LogP contribution in [-0.4, -0.2) is 32.1 Å². The summed E-state index contributed by atoms with van der Waals surface area (Å²) in [7, 11) is 1.29. The number of ether oxygens (including phenoxy) is 1. The number of nitrogens with two attached hydrogens (primary N) is 1. The Kier molecular flexibility index (Phi) is 7.83. The number of amides is 1. The van der Waals surface area contributed by atoms with E-state index in [1.807, 2.05) is 0 Å². The average molecular weight is 202 g/mol. The number of carbonyl (C=O) groups is 2. The summed E-state index contributed by atoms with van der Waals surface area (Å²) in [6.07, 6.45) is 3.13. The quantitative estimate of drug-likeness (QED) is 0.442. The van der Waals surface area contributed by atoms with Gasteiger partial charge in [0.05, 0.1) is 7.11 Å². The number of carbonyl (C=O) groups excluding carboxylic acids is 2. The highest BCUT2D eigenvalue weighted by molar-refractivity contribution is 5.81. The van der Waals surface area contributed by atoms with Gasteiger partial charge in [0.1, 0.15) is 6.54 Å². The molecule has 5 nitrogen and oxygen atoms in total. The summed E-state index contributed by atoms with van der Waals surface area (Å²) < 4.78 is 4.37. The minimum absolute atomic E-state index is 0.0494. The van der Waals surface area contributed by atoms with Gasteiger partial charge in [-0.2, -0.15) is 0 Å². The topological polar surface area (TPSA) is 81.4 Å². The monoisotopic (exact) mass is 202 g/mol. The van der Waals surface area contributed by atoms with Crippen molar-refractivity contribution in [1.29, 1.82) is 0 Å². The van der Waals surface area contributed by atoms with Gasteiger partial charge in [-0.25, -0.2) is 0 Å². The van der Waals surface area contributed by atoms with Crippen LogP contribution < -0.4 is 11.1 Å². The highest BCUT2D eigenvalue weighted by Gasteiger charge is 2.04. The van der Waals surface area contributed by atoms with Crippen LogP contribution in [0.15, 0.2) is 0 Å². The highest BCUT2D eigenvalue weighted by atomic mass is 16.5. The summed E-state index contributed by atoms with van der Waals surface area (Å²) in [6, 6.07) is 0. The van der Waals surface area contributed by atoms with E-state index in [1.54, 1.807) is 0 Å². The van der Waals surface area contributed by atoms with E-state index < -0.39 is 5.97 Å². The third-order valence-corrected chi connectivity index (χ3v) is 1.77. The maximum Gasteiger partial charge on any atom is 0.325 e. The lowest BCUT2D eigenvalue weighted by molar-refractivity contribution is -0.141. The van der Waals surface area contributed by atoms with E-state index in [2.05, 4.69) is 10.1 Å². The van der Waals surface area contributed by atoms with Crippen molar-refractivity contribution in [3.8, 4) is 0 Å². The van der Waals surface area contributed by atoms with Crippen molar-refractivity contribution in [2.75, 3.05) is 20.2 Å². The molecule has 0 fully saturated rings. The molecule has 0 saturated carbocycles. The Morgan fingerprint density at radius 2 is 2.00 bits per heavy atom. The number of unbranched alkanes of at least 4 members (excludes halogenated alkanes) is 2. The van der Waals surface area contributed by atoms with E-state index in [0.29, 0.717) is 13.0 Å². The predicted octanol–water partition coefficient (Wildman–Crippen LogP) is -0.205. The molecule has 0 rings (SSSR count). The Morgan fingerprint density at radius 3 is 2.57 bits per heavy atom. The Balaban J connectivity index is 3.32. The van der Waals surface area contributed by atoms with Gasteiger partial charge in [0.2, 0.25) is 5.91 Å². The highest BCUT2D eigenvalue weighted by Crippen LogP contribution is 1.97. The molecule has 1 amide bonds. The molecule has 0 bridgehead atoms. The van der Waals surface area contributed by atoms with Crippen molar-refractivity contribution in [3.05, 3.63) is 0 Å². The van der Waals surface area contributed by atoms with Gasteiger partial charge < -0.3 is 15.8 Å². The zero-order chi connectivity index (χ0) is 10.8. The standard InChI is InChI=1S/C9H18N2O3/c1-14-9(13)7-11-8(12)5-3-2-4-6-10/h2-7,10H2,1H3,(H,11,12). The molecule has 0 aromatic carbocycles. The van der Waals surface area contributed by atoms with Crippen molar-refractivity contribution in [3.63, 3.8) is 0 Å². The van der Waals surface area contributed by atoms with Crippen LogP contribution in [0.2, 0.25) is 0 Å². The maximum absolute atomic E-state index is 11.1. The SMILES string of the molecule is COC(=O)CNC(=O)CCCCCN. The van der Waals surface area contributed by atoms with Gasteiger partial charge in [0.25, 0.3) is 0 Å². The average Bonchev–Trinajstić information content (AvgIpc) is 2.21. The van der Waals surface area contributed by atoms with E-state index in [4.69, 9.17) is 5.73 Å². The molecule has 5 heteroatoms. The summed E-state index contributed by atoms with van der Waals surface area (Å²) in [6.45, 7) is 0.607. The fraction of sp³-hybridized carbons (Fsp3) is 0.778. The Morgan fingerprint density at radius 1 is 1.29 bits per heavy atom. The molecular formula is C9H18N2O3. The fourth-order valence-electron chi connectivity index (χ4n) is 0.938. The van der Waals surface area contributed by atoms with Crippen molar-refractivity contribution < 1.29 is 14.3 Å². The summed E-state index contributed by atoms with van der Waals surface area (Å²) in [5.41, 5.74) is 5.30.